The fourth-order valence-corrected chi connectivity index (χ4v) is 4.44. The van der Waals surface area contributed by atoms with E-state index in [1.54, 1.807) is 24.3 Å². The first-order valence-electron chi connectivity index (χ1n) is 9.04. The fourth-order valence-electron chi connectivity index (χ4n) is 3.24. The molecule has 0 saturated carbocycles. The number of likely N-dealkylation sites (tertiary alicyclic amines) is 1. The summed E-state index contributed by atoms with van der Waals surface area (Å²) >= 11 is 0. The average molecular weight is 389 g/mol. The molecule has 0 spiro atoms. The first-order valence-corrected chi connectivity index (χ1v) is 10.5. The molecule has 0 aliphatic carbocycles. The van der Waals surface area contributed by atoms with Gasteiger partial charge < -0.3 is 9.64 Å². The lowest BCUT2D eigenvalue weighted by Crippen LogP contribution is -3.11. The fraction of sp³-hybridized carbons (Fsp3) is 0.350. The molecule has 0 bridgehead atoms. The molecule has 2 atom stereocenters. The summed E-state index contributed by atoms with van der Waals surface area (Å²) in [6.45, 7) is 1.90. The van der Waals surface area contributed by atoms with Gasteiger partial charge in [-0.2, -0.15) is 0 Å². The summed E-state index contributed by atoms with van der Waals surface area (Å²) in [4.78, 5) is 13.8. The van der Waals surface area contributed by atoms with Gasteiger partial charge in [0.15, 0.2) is 6.10 Å². The lowest BCUT2D eigenvalue weighted by molar-refractivity contribution is -0.888. The van der Waals surface area contributed by atoms with E-state index in [4.69, 9.17) is 4.74 Å². The Balaban J connectivity index is 1.71. The third-order valence-corrected chi connectivity index (χ3v) is 6.65. The SMILES string of the molecule is CN(c1ccccc1)S(=O)(=O)c1ccc(C(=O)O[C@@H]2CCC[NH+](C)C2)cc1. The number of rotatable bonds is 5. The monoisotopic (exact) mass is 389 g/mol. The standard InChI is InChI=1S/C20H24N2O4S/c1-21-14-6-9-18(15-21)26-20(23)16-10-12-19(13-11-16)27(24,25)22(2)17-7-4-3-5-8-17/h3-5,7-8,10-13,18H,6,9,14-15H2,1-2H3/p+1/t18-/m1/s1. The second-order valence-electron chi connectivity index (χ2n) is 6.91. The van der Waals surface area contributed by atoms with Gasteiger partial charge in [-0.05, 0) is 42.8 Å². The van der Waals surface area contributed by atoms with Crippen molar-refractivity contribution in [3.05, 3.63) is 60.2 Å². The van der Waals surface area contributed by atoms with Crippen LogP contribution in [0.25, 0.3) is 0 Å². The average Bonchev–Trinajstić information content (AvgIpc) is 2.68. The molecule has 1 unspecified atom stereocenters. The number of anilines is 1. The molecule has 144 valence electrons. The quantitative estimate of drug-likeness (QED) is 0.784. The summed E-state index contributed by atoms with van der Waals surface area (Å²) < 4.78 is 32.3. The lowest BCUT2D eigenvalue weighted by atomic mass is 10.1. The number of esters is 1. The van der Waals surface area contributed by atoms with E-state index >= 15 is 0 Å². The number of nitrogens with one attached hydrogen (secondary N) is 1. The van der Waals surface area contributed by atoms with Crippen molar-refractivity contribution in [1.29, 1.82) is 0 Å². The lowest BCUT2D eigenvalue weighted by Gasteiger charge is -2.26. The van der Waals surface area contributed by atoms with Crippen LogP contribution < -0.4 is 9.21 Å². The van der Waals surface area contributed by atoms with Crippen LogP contribution in [0.4, 0.5) is 5.69 Å². The smallest absolute Gasteiger partial charge is 0.338 e. The Bertz CT molecular complexity index is 882. The molecule has 1 fully saturated rings. The van der Waals surface area contributed by atoms with Crippen LogP contribution in [-0.2, 0) is 14.8 Å². The Morgan fingerprint density at radius 1 is 1.11 bits per heavy atom. The molecule has 1 aliphatic heterocycles. The van der Waals surface area contributed by atoms with Gasteiger partial charge >= 0.3 is 5.97 Å². The van der Waals surface area contributed by atoms with Crippen molar-refractivity contribution in [3.8, 4) is 0 Å². The molecule has 2 aromatic rings. The number of nitrogens with zero attached hydrogens (tertiary/aromatic N) is 1. The van der Waals surface area contributed by atoms with E-state index in [-0.39, 0.29) is 11.0 Å². The largest absolute Gasteiger partial charge is 0.453 e. The van der Waals surface area contributed by atoms with Crippen LogP contribution in [0.1, 0.15) is 23.2 Å². The zero-order chi connectivity index (χ0) is 19.4. The van der Waals surface area contributed by atoms with Gasteiger partial charge in [-0.1, -0.05) is 18.2 Å². The third kappa shape index (κ3) is 4.48. The zero-order valence-electron chi connectivity index (χ0n) is 15.6. The van der Waals surface area contributed by atoms with E-state index in [1.807, 2.05) is 6.07 Å². The van der Waals surface area contributed by atoms with E-state index in [1.165, 1.54) is 40.5 Å². The van der Waals surface area contributed by atoms with E-state index in [0.29, 0.717) is 11.3 Å². The summed E-state index contributed by atoms with van der Waals surface area (Å²) in [7, 11) is -0.0962. The highest BCUT2D eigenvalue weighted by Gasteiger charge is 2.25. The minimum Gasteiger partial charge on any atom is -0.453 e. The molecule has 1 saturated heterocycles. The molecule has 0 aromatic heterocycles. The Morgan fingerprint density at radius 3 is 2.41 bits per heavy atom. The van der Waals surface area contributed by atoms with Crippen molar-refractivity contribution in [2.75, 3.05) is 31.5 Å². The molecule has 6 nitrogen and oxygen atoms in total. The number of carbonyl (C=O) groups is 1. The number of quaternary nitrogens is 1. The topological polar surface area (TPSA) is 68.1 Å². The number of piperidine rings is 1. The molecular formula is C20H25N2O4S+. The molecule has 27 heavy (non-hydrogen) atoms. The molecule has 1 aliphatic rings. The molecule has 0 amide bonds. The van der Waals surface area contributed by atoms with Crippen molar-refractivity contribution < 1.29 is 22.8 Å². The number of ether oxygens (including phenoxy) is 1. The van der Waals surface area contributed by atoms with Crippen molar-refractivity contribution in [2.24, 2.45) is 0 Å². The number of benzene rings is 2. The van der Waals surface area contributed by atoms with Crippen molar-refractivity contribution in [2.45, 2.75) is 23.8 Å². The normalized spacial score (nSPS) is 20.1. The van der Waals surface area contributed by atoms with Crippen LogP contribution in [-0.4, -0.2) is 47.7 Å². The van der Waals surface area contributed by atoms with Crippen molar-refractivity contribution >= 4 is 21.7 Å². The van der Waals surface area contributed by atoms with Gasteiger partial charge in [0.05, 0.1) is 29.7 Å². The first-order chi connectivity index (χ1) is 12.9. The van der Waals surface area contributed by atoms with Gasteiger partial charge in [0.25, 0.3) is 10.0 Å². The van der Waals surface area contributed by atoms with Crippen molar-refractivity contribution in [3.63, 3.8) is 0 Å². The summed E-state index contributed by atoms with van der Waals surface area (Å²) in [6, 6.07) is 14.8. The Kier molecular flexibility index (Phi) is 5.82. The number of sulfonamides is 1. The summed E-state index contributed by atoms with van der Waals surface area (Å²) in [5.74, 6) is -0.407. The van der Waals surface area contributed by atoms with Crippen LogP contribution in [0.5, 0.6) is 0 Å². The van der Waals surface area contributed by atoms with Gasteiger partial charge in [-0.3, -0.25) is 4.31 Å². The van der Waals surface area contributed by atoms with E-state index in [2.05, 4.69) is 7.05 Å². The summed E-state index contributed by atoms with van der Waals surface area (Å²) in [5.41, 5.74) is 0.935. The van der Waals surface area contributed by atoms with Gasteiger partial charge in [0, 0.05) is 13.5 Å². The number of carbonyl (C=O) groups excluding carboxylic acids is 1. The second-order valence-corrected chi connectivity index (χ2v) is 8.88. The van der Waals surface area contributed by atoms with E-state index in [0.717, 1.165) is 25.9 Å². The highest BCUT2D eigenvalue weighted by Crippen LogP contribution is 2.22. The van der Waals surface area contributed by atoms with Crippen LogP contribution in [0, 0.1) is 0 Å². The van der Waals surface area contributed by atoms with Gasteiger partial charge in [0.2, 0.25) is 0 Å². The Morgan fingerprint density at radius 2 is 1.78 bits per heavy atom. The number of likely N-dealkylation sites (N-methyl/N-ethyl adjacent to an activating group) is 1. The minimum absolute atomic E-state index is 0.0844. The summed E-state index contributed by atoms with van der Waals surface area (Å²) in [6.07, 6.45) is 1.82. The first kappa shape index (κ1) is 19.4. The minimum atomic E-state index is -3.69. The highest BCUT2D eigenvalue weighted by atomic mass is 32.2. The molecule has 7 heteroatoms. The number of hydrogen-bond acceptors (Lipinski definition) is 4. The zero-order valence-corrected chi connectivity index (χ0v) is 16.4. The summed E-state index contributed by atoms with van der Waals surface area (Å²) in [5, 5.41) is 0. The van der Waals surface area contributed by atoms with E-state index < -0.39 is 16.0 Å². The Hall–Kier alpha value is -2.38. The van der Waals surface area contributed by atoms with Crippen LogP contribution in [0.15, 0.2) is 59.5 Å². The van der Waals surface area contributed by atoms with Crippen LogP contribution in [0.3, 0.4) is 0 Å². The molecule has 3 rings (SSSR count). The Labute approximate surface area is 160 Å². The maximum atomic E-state index is 12.8. The van der Waals surface area contributed by atoms with Crippen LogP contribution >= 0.6 is 0 Å². The maximum absolute atomic E-state index is 12.8. The predicted octanol–water partition coefficient (Wildman–Crippen LogP) is 1.35. The molecule has 2 aromatic carbocycles. The van der Waals surface area contributed by atoms with Gasteiger partial charge in [-0.25, -0.2) is 13.2 Å². The maximum Gasteiger partial charge on any atom is 0.338 e. The molecule has 1 heterocycles. The van der Waals surface area contributed by atoms with E-state index in [9.17, 15) is 13.2 Å². The van der Waals surface area contributed by atoms with Gasteiger partial charge in [-0.15, -0.1) is 0 Å². The van der Waals surface area contributed by atoms with Gasteiger partial charge in [0.1, 0.15) is 6.54 Å². The second kappa shape index (κ2) is 8.10. The molecular weight excluding hydrogens is 364 g/mol. The third-order valence-electron chi connectivity index (χ3n) is 4.85. The number of hydrogen-bond donors (Lipinski definition) is 1. The highest BCUT2D eigenvalue weighted by molar-refractivity contribution is 7.92. The predicted molar refractivity (Wildman–Crippen MR) is 104 cm³/mol. The van der Waals surface area contributed by atoms with Crippen molar-refractivity contribution in [1.82, 2.24) is 0 Å². The number of para-hydroxylation sites is 1. The molecule has 1 N–H and O–H groups in total. The molecule has 0 radical (unpaired) electrons. The van der Waals surface area contributed by atoms with Crippen LogP contribution in [0.2, 0.25) is 0 Å².